The van der Waals surface area contributed by atoms with E-state index in [1.54, 1.807) is 10.9 Å². The zero-order chi connectivity index (χ0) is 23.9. The molecular weight excluding hydrogens is 426 g/mol. The Morgan fingerprint density at radius 3 is 2.53 bits per heavy atom. The van der Waals surface area contributed by atoms with E-state index in [-0.39, 0.29) is 17.4 Å². The summed E-state index contributed by atoms with van der Waals surface area (Å²) in [6.45, 7) is 8.82. The summed E-state index contributed by atoms with van der Waals surface area (Å²) in [4.78, 5) is 19.3. The molecule has 1 unspecified atom stereocenters. The van der Waals surface area contributed by atoms with Gasteiger partial charge in [0.25, 0.3) is 0 Å². The lowest BCUT2D eigenvalue weighted by molar-refractivity contribution is -0.125. The minimum absolute atomic E-state index is 0.0552. The van der Waals surface area contributed by atoms with E-state index in [4.69, 9.17) is 4.98 Å². The van der Waals surface area contributed by atoms with Crippen molar-refractivity contribution in [2.45, 2.75) is 33.2 Å². The van der Waals surface area contributed by atoms with Gasteiger partial charge >= 0.3 is 0 Å². The molecule has 1 aliphatic rings. The summed E-state index contributed by atoms with van der Waals surface area (Å²) in [5, 5.41) is 11.7. The molecule has 5 rings (SSSR count). The Bertz CT molecular complexity index is 1310. The van der Waals surface area contributed by atoms with Crippen LogP contribution in [-0.4, -0.2) is 60.9 Å². The first kappa shape index (κ1) is 22.3. The van der Waals surface area contributed by atoms with Crippen molar-refractivity contribution in [2.24, 2.45) is 12.5 Å². The number of aryl methyl sites for hydroxylation is 1. The van der Waals surface area contributed by atoms with Crippen molar-refractivity contribution in [1.29, 1.82) is 0 Å². The Morgan fingerprint density at radius 2 is 1.85 bits per heavy atom. The Hall–Kier alpha value is -3.52. The van der Waals surface area contributed by atoms with Crippen molar-refractivity contribution in [3.05, 3.63) is 60.7 Å². The zero-order valence-electron chi connectivity index (χ0n) is 20.2. The number of nitrogens with zero attached hydrogens (tertiary/aromatic N) is 6. The lowest BCUT2D eigenvalue weighted by atomic mass is 9.81. The largest absolute Gasteiger partial charge is 0.354 e. The molecule has 0 spiro atoms. The zero-order valence-corrected chi connectivity index (χ0v) is 20.2. The molecule has 1 N–H and O–H groups in total. The first-order valence-corrected chi connectivity index (χ1v) is 11.7. The molecule has 4 heterocycles. The predicted molar refractivity (Wildman–Crippen MR) is 132 cm³/mol. The van der Waals surface area contributed by atoms with E-state index < -0.39 is 0 Å². The van der Waals surface area contributed by atoms with Crippen LogP contribution in [-0.2, 0) is 18.3 Å². The lowest BCUT2D eigenvalue weighted by Crippen LogP contribution is -2.55. The van der Waals surface area contributed by atoms with Gasteiger partial charge in [-0.3, -0.25) is 14.4 Å². The second-order valence-corrected chi connectivity index (χ2v) is 10.1. The van der Waals surface area contributed by atoms with Crippen LogP contribution in [0.4, 0.5) is 0 Å². The number of aromatic nitrogens is 5. The van der Waals surface area contributed by atoms with Gasteiger partial charge in [0.2, 0.25) is 5.91 Å². The number of amides is 1. The fourth-order valence-corrected chi connectivity index (χ4v) is 4.76. The molecule has 4 aromatic rings. The topological polar surface area (TPSA) is 80.4 Å². The van der Waals surface area contributed by atoms with Crippen molar-refractivity contribution in [3.8, 4) is 22.5 Å². The molecule has 3 aromatic heterocycles. The molecule has 176 valence electrons. The molecule has 1 saturated heterocycles. The Kier molecular flexibility index (Phi) is 5.69. The van der Waals surface area contributed by atoms with E-state index >= 15 is 0 Å². The third kappa shape index (κ3) is 4.46. The molecule has 0 radical (unpaired) electrons. The first-order chi connectivity index (χ1) is 16.3. The van der Waals surface area contributed by atoms with Gasteiger partial charge in [-0.05, 0) is 23.5 Å². The van der Waals surface area contributed by atoms with Crippen LogP contribution in [0, 0.1) is 5.41 Å². The van der Waals surface area contributed by atoms with E-state index in [0.29, 0.717) is 13.1 Å². The number of hydrogen-bond acceptors (Lipinski definition) is 5. The number of fused-ring (bicyclic) bond motifs is 1. The van der Waals surface area contributed by atoms with Gasteiger partial charge in [-0.25, -0.2) is 9.50 Å². The number of nitrogens with one attached hydrogen (secondary N) is 1. The van der Waals surface area contributed by atoms with Gasteiger partial charge in [0.15, 0.2) is 0 Å². The van der Waals surface area contributed by atoms with Crippen molar-refractivity contribution < 1.29 is 4.79 Å². The maximum Gasteiger partial charge on any atom is 0.234 e. The molecule has 8 heteroatoms. The minimum atomic E-state index is 0.0552. The SMILES string of the molecule is Cn1cc(-c2cn3nccc3c(-c3ccc(CC(N4CCNC(=O)C4)C(C)(C)C)cc3)n2)cn1. The highest BCUT2D eigenvalue weighted by Gasteiger charge is 2.33. The van der Waals surface area contributed by atoms with Crippen molar-refractivity contribution >= 4 is 11.4 Å². The van der Waals surface area contributed by atoms with Crippen LogP contribution in [0.25, 0.3) is 28.0 Å². The highest BCUT2D eigenvalue weighted by molar-refractivity contribution is 5.79. The number of hydrogen-bond donors (Lipinski definition) is 1. The highest BCUT2D eigenvalue weighted by atomic mass is 16.2. The first-order valence-electron chi connectivity index (χ1n) is 11.7. The van der Waals surface area contributed by atoms with Crippen molar-refractivity contribution in [3.63, 3.8) is 0 Å². The summed E-state index contributed by atoms with van der Waals surface area (Å²) < 4.78 is 3.64. The second-order valence-electron chi connectivity index (χ2n) is 10.1. The van der Waals surface area contributed by atoms with Gasteiger partial charge < -0.3 is 5.32 Å². The standard InChI is InChI=1S/C26H31N7O/c1-26(2,3)23(32-12-11-27-24(34)17-32)13-18-5-7-19(8-6-18)25-22-9-10-28-33(22)16-21(30-25)20-14-29-31(4)15-20/h5-10,14-16,23H,11-13,17H2,1-4H3,(H,27,34). The third-order valence-electron chi connectivity index (χ3n) is 6.56. The summed E-state index contributed by atoms with van der Waals surface area (Å²) in [5.41, 5.74) is 6.00. The molecular formula is C26H31N7O. The smallest absolute Gasteiger partial charge is 0.234 e. The van der Waals surface area contributed by atoms with E-state index in [1.807, 2.05) is 36.2 Å². The van der Waals surface area contributed by atoms with E-state index in [9.17, 15) is 4.79 Å². The fourth-order valence-electron chi connectivity index (χ4n) is 4.76. The monoisotopic (exact) mass is 457 g/mol. The van der Waals surface area contributed by atoms with Crippen LogP contribution in [0.1, 0.15) is 26.3 Å². The molecule has 1 amide bonds. The molecule has 34 heavy (non-hydrogen) atoms. The van der Waals surface area contributed by atoms with Gasteiger partial charge in [0.05, 0.1) is 42.0 Å². The van der Waals surface area contributed by atoms with Gasteiger partial charge in [-0.2, -0.15) is 10.2 Å². The minimum Gasteiger partial charge on any atom is -0.354 e. The van der Waals surface area contributed by atoms with Crippen LogP contribution in [0.15, 0.2) is 55.1 Å². The van der Waals surface area contributed by atoms with Gasteiger partial charge in [-0.15, -0.1) is 0 Å². The molecule has 1 fully saturated rings. The maximum absolute atomic E-state index is 12.0. The quantitative estimate of drug-likeness (QED) is 0.498. The average molecular weight is 458 g/mol. The van der Waals surface area contributed by atoms with E-state index in [1.165, 1.54) is 5.56 Å². The van der Waals surface area contributed by atoms with Crippen LogP contribution >= 0.6 is 0 Å². The Morgan fingerprint density at radius 1 is 1.06 bits per heavy atom. The number of piperazine rings is 1. The molecule has 0 bridgehead atoms. The van der Waals surface area contributed by atoms with Crippen LogP contribution in [0.5, 0.6) is 0 Å². The van der Waals surface area contributed by atoms with E-state index in [0.717, 1.165) is 41.0 Å². The molecule has 0 aliphatic carbocycles. The van der Waals surface area contributed by atoms with Gasteiger partial charge in [0.1, 0.15) is 0 Å². The summed E-state index contributed by atoms with van der Waals surface area (Å²) >= 11 is 0. The average Bonchev–Trinajstić information content (AvgIpc) is 3.45. The van der Waals surface area contributed by atoms with Gasteiger partial charge in [-0.1, -0.05) is 45.0 Å². The Balaban J connectivity index is 1.45. The number of carbonyl (C=O) groups excluding carboxylic acids is 1. The highest BCUT2D eigenvalue weighted by Crippen LogP contribution is 2.30. The molecule has 1 atom stereocenters. The van der Waals surface area contributed by atoms with Crippen LogP contribution in [0.2, 0.25) is 0 Å². The van der Waals surface area contributed by atoms with Crippen LogP contribution < -0.4 is 5.32 Å². The number of benzene rings is 1. The number of carbonyl (C=O) groups is 1. The maximum atomic E-state index is 12.0. The normalized spacial score (nSPS) is 16.1. The Labute approximate surface area is 199 Å². The van der Waals surface area contributed by atoms with Crippen LogP contribution in [0.3, 0.4) is 0 Å². The molecule has 8 nitrogen and oxygen atoms in total. The summed E-state index contributed by atoms with van der Waals surface area (Å²) in [6, 6.07) is 10.9. The van der Waals surface area contributed by atoms with Gasteiger partial charge in [0, 0.05) is 43.5 Å². The molecule has 1 aromatic carbocycles. The summed E-state index contributed by atoms with van der Waals surface area (Å²) in [7, 11) is 1.90. The lowest BCUT2D eigenvalue weighted by Gasteiger charge is -2.42. The summed E-state index contributed by atoms with van der Waals surface area (Å²) in [6.07, 6.45) is 8.40. The molecule has 0 saturated carbocycles. The summed E-state index contributed by atoms with van der Waals surface area (Å²) in [5.74, 6) is 0.111. The number of rotatable bonds is 5. The van der Waals surface area contributed by atoms with Crippen molar-refractivity contribution in [2.75, 3.05) is 19.6 Å². The fraction of sp³-hybridized carbons (Fsp3) is 0.385. The third-order valence-corrected chi connectivity index (χ3v) is 6.56. The molecule has 1 aliphatic heterocycles. The second kappa shape index (κ2) is 8.68. The predicted octanol–water partition coefficient (Wildman–Crippen LogP) is 3.19. The van der Waals surface area contributed by atoms with Crippen molar-refractivity contribution in [1.82, 2.24) is 34.6 Å². The van der Waals surface area contributed by atoms with E-state index in [2.05, 4.69) is 65.5 Å².